The van der Waals surface area contributed by atoms with Crippen LogP contribution in [0.3, 0.4) is 0 Å². The number of carbonyl (C=O) groups excluding carboxylic acids is 2. The van der Waals surface area contributed by atoms with E-state index in [-0.39, 0.29) is 13.2 Å². The smallest absolute Gasteiger partial charge is 0.312 e. The second-order valence-electron chi connectivity index (χ2n) is 3.52. The number of amides is 2. The first-order chi connectivity index (χ1) is 8.19. The molecule has 2 amide bonds. The highest BCUT2D eigenvalue weighted by molar-refractivity contribution is 6.34. The van der Waals surface area contributed by atoms with Gasteiger partial charge in [-0.25, -0.2) is 0 Å². The highest BCUT2D eigenvalue weighted by atomic mass is 16.3. The zero-order valence-corrected chi connectivity index (χ0v) is 9.72. The molecule has 0 spiro atoms. The first-order valence-electron chi connectivity index (χ1n) is 5.34. The molecule has 0 aliphatic heterocycles. The summed E-state index contributed by atoms with van der Waals surface area (Å²) in [6.07, 6.45) is 0. The summed E-state index contributed by atoms with van der Waals surface area (Å²) in [6, 6.07) is 9.32. The van der Waals surface area contributed by atoms with Crippen LogP contribution in [-0.4, -0.2) is 42.0 Å². The molecule has 0 aliphatic rings. The van der Waals surface area contributed by atoms with Gasteiger partial charge in [-0.05, 0) is 5.56 Å². The fourth-order valence-corrected chi connectivity index (χ4v) is 1.43. The minimum absolute atomic E-state index is 0.140. The summed E-state index contributed by atoms with van der Waals surface area (Å²) in [4.78, 5) is 24.2. The van der Waals surface area contributed by atoms with Crippen molar-refractivity contribution in [3.05, 3.63) is 35.9 Å². The van der Waals surface area contributed by atoms with Crippen LogP contribution in [0.2, 0.25) is 0 Å². The van der Waals surface area contributed by atoms with Crippen LogP contribution < -0.4 is 5.32 Å². The van der Waals surface area contributed by atoms with Crippen molar-refractivity contribution in [2.24, 2.45) is 0 Å². The van der Waals surface area contributed by atoms with Crippen molar-refractivity contribution in [1.82, 2.24) is 10.2 Å². The minimum Gasteiger partial charge on any atom is -0.395 e. The molecular formula is C12H16N2O3. The second kappa shape index (κ2) is 6.65. The molecule has 0 saturated carbocycles. The molecule has 0 saturated heterocycles. The first kappa shape index (κ1) is 13.2. The number of aliphatic hydroxyl groups excluding tert-OH is 1. The lowest BCUT2D eigenvalue weighted by Crippen LogP contribution is -2.42. The third-order valence-corrected chi connectivity index (χ3v) is 2.29. The highest BCUT2D eigenvalue weighted by Gasteiger charge is 2.20. The molecule has 5 heteroatoms. The van der Waals surface area contributed by atoms with Crippen molar-refractivity contribution < 1.29 is 14.7 Å². The van der Waals surface area contributed by atoms with Crippen LogP contribution in [-0.2, 0) is 16.1 Å². The topological polar surface area (TPSA) is 69.6 Å². The van der Waals surface area contributed by atoms with Crippen LogP contribution in [0.4, 0.5) is 0 Å². The van der Waals surface area contributed by atoms with Gasteiger partial charge in [0.15, 0.2) is 0 Å². The van der Waals surface area contributed by atoms with E-state index in [9.17, 15) is 9.59 Å². The number of carbonyl (C=O) groups is 2. The number of nitrogens with one attached hydrogen (secondary N) is 1. The predicted octanol–water partition coefficient (Wildman–Crippen LogP) is -0.246. The summed E-state index contributed by atoms with van der Waals surface area (Å²) in [5.41, 5.74) is 0.915. The van der Waals surface area contributed by atoms with E-state index in [0.29, 0.717) is 6.54 Å². The van der Waals surface area contributed by atoms with E-state index in [1.165, 1.54) is 11.9 Å². The molecule has 0 bridgehead atoms. The van der Waals surface area contributed by atoms with Gasteiger partial charge in [-0.2, -0.15) is 0 Å². The molecule has 0 fully saturated rings. The van der Waals surface area contributed by atoms with Gasteiger partial charge in [0.25, 0.3) is 0 Å². The Balaban J connectivity index is 2.73. The molecular weight excluding hydrogens is 220 g/mol. The Bertz CT molecular complexity index is 379. The van der Waals surface area contributed by atoms with Crippen molar-refractivity contribution in [2.45, 2.75) is 6.54 Å². The lowest BCUT2D eigenvalue weighted by molar-refractivity contribution is -0.146. The van der Waals surface area contributed by atoms with Crippen LogP contribution >= 0.6 is 0 Å². The zero-order chi connectivity index (χ0) is 12.7. The van der Waals surface area contributed by atoms with Gasteiger partial charge in [0.05, 0.1) is 6.61 Å². The molecule has 17 heavy (non-hydrogen) atoms. The second-order valence-corrected chi connectivity index (χ2v) is 3.52. The van der Waals surface area contributed by atoms with Crippen molar-refractivity contribution in [3.63, 3.8) is 0 Å². The Morgan fingerprint density at radius 1 is 1.29 bits per heavy atom. The summed E-state index contributed by atoms with van der Waals surface area (Å²) in [7, 11) is 1.40. The molecule has 2 N–H and O–H groups in total. The van der Waals surface area contributed by atoms with Crippen molar-refractivity contribution in [1.29, 1.82) is 0 Å². The monoisotopic (exact) mass is 236 g/mol. The number of likely N-dealkylation sites (N-methyl/N-ethyl adjacent to an activating group) is 1. The molecule has 1 aromatic rings. The molecule has 0 aliphatic carbocycles. The van der Waals surface area contributed by atoms with E-state index < -0.39 is 11.8 Å². The van der Waals surface area contributed by atoms with Gasteiger partial charge in [0.2, 0.25) is 0 Å². The maximum Gasteiger partial charge on any atom is 0.312 e. The average Bonchev–Trinajstić information content (AvgIpc) is 2.37. The van der Waals surface area contributed by atoms with Gasteiger partial charge in [-0.15, -0.1) is 0 Å². The molecule has 5 nitrogen and oxygen atoms in total. The largest absolute Gasteiger partial charge is 0.395 e. The van der Waals surface area contributed by atoms with E-state index in [2.05, 4.69) is 5.32 Å². The van der Waals surface area contributed by atoms with E-state index >= 15 is 0 Å². The van der Waals surface area contributed by atoms with E-state index in [1.54, 1.807) is 0 Å². The van der Waals surface area contributed by atoms with Gasteiger partial charge in [0.1, 0.15) is 0 Å². The lowest BCUT2D eigenvalue weighted by atomic mass is 10.2. The summed E-state index contributed by atoms with van der Waals surface area (Å²) >= 11 is 0. The van der Waals surface area contributed by atoms with Crippen LogP contribution in [0.1, 0.15) is 5.56 Å². The van der Waals surface area contributed by atoms with E-state index in [0.717, 1.165) is 5.56 Å². The predicted molar refractivity (Wildman–Crippen MR) is 63.0 cm³/mol. The Hall–Kier alpha value is -1.88. The van der Waals surface area contributed by atoms with Gasteiger partial charge >= 0.3 is 11.8 Å². The standard InChI is InChI=1S/C12H16N2O3/c1-13-11(16)12(17)14(7-8-15)9-10-5-3-2-4-6-10/h2-6,15H,7-9H2,1H3,(H,13,16). The van der Waals surface area contributed by atoms with Crippen molar-refractivity contribution in [3.8, 4) is 0 Å². The van der Waals surface area contributed by atoms with Gasteiger partial charge in [-0.3, -0.25) is 9.59 Å². The number of aliphatic hydroxyl groups is 1. The molecule has 0 atom stereocenters. The lowest BCUT2D eigenvalue weighted by Gasteiger charge is -2.20. The van der Waals surface area contributed by atoms with Crippen molar-refractivity contribution in [2.75, 3.05) is 20.2 Å². The van der Waals surface area contributed by atoms with Crippen LogP contribution in [0.25, 0.3) is 0 Å². The molecule has 0 aromatic heterocycles. The zero-order valence-electron chi connectivity index (χ0n) is 9.72. The Kier molecular flexibility index (Phi) is 5.16. The van der Waals surface area contributed by atoms with Gasteiger partial charge in [0, 0.05) is 20.1 Å². The number of nitrogens with zero attached hydrogens (tertiary/aromatic N) is 1. The number of hydrogen-bond acceptors (Lipinski definition) is 3. The molecule has 0 unspecified atom stereocenters. The summed E-state index contributed by atoms with van der Waals surface area (Å²) in [6.45, 7) is 0.282. The third-order valence-electron chi connectivity index (χ3n) is 2.29. The summed E-state index contributed by atoms with van der Waals surface area (Å²) < 4.78 is 0. The first-order valence-corrected chi connectivity index (χ1v) is 5.34. The Morgan fingerprint density at radius 2 is 1.94 bits per heavy atom. The summed E-state index contributed by atoms with van der Waals surface area (Å²) in [5.74, 6) is -1.31. The van der Waals surface area contributed by atoms with Gasteiger partial charge < -0.3 is 15.3 Å². The maximum absolute atomic E-state index is 11.7. The Morgan fingerprint density at radius 3 is 2.47 bits per heavy atom. The van der Waals surface area contributed by atoms with Crippen LogP contribution in [0.15, 0.2) is 30.3 Å². The number of hydrogen-bond donors (Lipinski definition) is 2. The molecule has 0 heterocycles. The number of benzene rings is 1. The van der Waals surface area contributed by atoms with E-state index in [4.69, 9.17) is 5.11 Å². The minimum atomic E-state index is -0.672. The quantitative estimate of drug-likeness (QED) is 0.708. The SMILES string of the molecule is CNC(=O)C(=O)N(CCO)Cc1ccccc1. The van der Waals surface area contributed by atoms with Crippen molar-refractivity contribution >= 4 is 11.8 Å². The molecule has 92 valence electrons. The van der Waals surface area contributed by atoms with Crippen LogP contribution in [0.5, 0.6) is 0 Å². The molecule has 1 aromatic carbocycles. The molecule has 1 rings (SSSR count). The average molecular weight is 236 g/mol. The molecule has 0 radical (unpaired) electrons. The van der Waals surface area contributed by atoms with Crippen LogP contribution in [0, 0.1) is 0 Å². The Labute approximate surface area is 100 Å². The number of rotatable bonds is 4. The highest BCUT2D eigenvalue weighted by Crippen LogP contribution is 2.04. The van der Waals surface area contributed by atoms with E-state index in [1.807, 2.05) is 30.3 Å². The fourth-order valence-electron chi connectivity index (χ4n) is 1.43. The normalized spacial score (nSPS) is 9.76. The maximum atomic E-state index is 11.7. The fraction of sp³-hybridized carbons (Fsp3) is 0.333. The third kappa shape index (κ3) is 3.88. The van der Waals surface area contributed by atoms with Gasteiger partial charge in [-0.1, -0.05) is 30.3 Å². The summed E-state index contributed by atoms with van der Waals surface area (Å²) in [5, 5.41) is 11.2.